The fourth-order valence-electron chi connectivity index (χ4n) is 0.991. The molecule has 0 N–H and O–H groups in total. The minimum absolute atomic E-state index is 0.239. The van der Waals surface area contributed by atoms with Crippen LogP contribution in [0.3, 0.4) is 0 Å². The molecular formula is C9H15ClO2. The lowest BCUT2D eigenvalue weighted by molar-refractivity contribution is -0.117. The highest BCUT2D eigenvalue weighted by molar-refractivity contribution is 6.63. The minimum Gasteiger partial charge on any atom is -0.300 e. The first kappa shape index (κ1) is 11.6. The van der Waals surface area contributed by atoms with Gasteiger partial charge in [0.25, 0.3) is 0 Å². The first-order chi connectivity index (χ1) is 5.63. The summed E-state index contributed by atoms with van der Waals surface area (Å²) in [6.07, 6.45) is 4.91. The molecule has 0 rings (SSSR count). The van der Waals surface area contributed by atoms with Crippen LogP contribution in [0.1, 0.15) is 45.4 Å². The highest BCUT2D eigenvalue weighted by Crippen LogP contribution is 2.06. The smallest absolute Gasteiger partial charge is 0.221 e. The minimum atomic E-state index is -0.262. The number of hydrogen-bond acceptors (Lipinski definition) is 2. The van der Waals surface area contributed by atoms with Crippen LogP contribution < -0.4 is 0 Å². The van der Waals surface area contributed by atoms with Crippen LogP contribution in [0.4, 0.5) is 0 Å². The van der Waals surface area contributed by atoms with Gasteiger partial charge in [0.1, 0.15) is 5.78 Å². The molecule has 0 amide bonds. The van der Waals surface area contributed by atoms with Crippen molar-refractivity contribution in [2.24, 2.45) is 0 Å². The third-order valence-electron chi connectivity index (χ3n) is 1.65. The molecule has 2 nitrogen and oxygen atoms in total. The largest absolute Gasteiger partial charge is 0.300 e. The Morgan fingerprint density at radius 3 is 1.92 bits per heavy atom. The predicted molar refractivity (Wildman–Crippen MR) is 49.2 cm³/mol. The molecule has 0 spiro atoms. The molecule has 0 aliphatic carbocycles. The third kappa shape index (κ3) is 9.63. The summed E-state index contributed by atoms with van der Waals surface area (Å²) in [6, 6.07) is 0. The Hall–Kier alpha value is -0.370. The number of carbonyl (C=O) groups is 2. The van der Waals surface area contributed by atoms with E-state index in [0.29, 0.717) is 12.8 Å². The number of hydrogen-bond donors (Lipinski definition) is 0. The number of unbranched alkanes of at least 4 members (excludes halogenated alkanes) is 3. The van der Waals surface area contributed by atoms with Gasteiger partial charge in [-0.05, 0) is 31.4 Å². The van der Waals surface area contributed by atoms with Gasteiger partial charge >= 0.3 is 0 Å². The molecule has 0 aliphatic heterocycles. The molecule has 0 unspecified atom stereocenters. The van der Waals surface area contributed by atoms with Crippen molar-refractivity contribution < 1.29 is 9.59 Å². The SMILES string of the molecule is CC(=O)CCCCCCC(=O)Cl. The molecule has 0 fully saturated rings. The van der Waals surface area contributed by atoms with Crippen molar-refractivity contribution >= 4 is 22.6 Å². The predicted octanol–water partition coefficient (Wildman–Crippen LogP) is 2.68. The number of ketones is 1. The summed E-state index contributed by atoms with van der Waals surface area (Å²) in [7, 11) is 0. The fourth-order valence-corrected chi connectivity index (χ4v) is 1.13. The Labute approximate surface area is 78.3 Å². The van der Waals surface area contributed by atoms with Gasteiger partial charge in [0.2, 0.25) is 5.24 Å². The summed E-state index contributed by atoms with van der Waals surface area (Å²) in [5, 5.41) is -0.262. The molecule has 0 atom stereocenters. The molecule has 0 saturated heterocycles. The Kier molecular flexibility index (Phi) is 7.06. The molecule has 0 aromatic rings. The lowest BCUT2D eigenvalue weighted by atomic mass is 10.1. The molecule has 0 radical (unpaired) electrons. The maximum absolute atomic E-state index is 10.5. The molecule has 0 saturated carbocycles. The maximum atomic E-state index is 10.5. The van der Waals surface area contributed by atoms with Gasteiger partial charge in [-0.15, -0.1) is 0 Å². The van der Waals surface area contributed by atoms with Crippen LogP contribution >= 0.6 is 11.6 Å². The zero-order chi connectivity index (χ0) is 9.40. The van der Waals surface area contributed by atoms with Gasteiger partial charge in [0, 0.05) is 12.8 Å². The van der Waals surface area contributed by atoms with E-state index in [2.05, 4.69) is 0 Å². The van der Waals surface area contributed by atoms with Crippen molar-refractivity contribution in [3.63, 3.8) is 0 Å². The first-order valence-corrected chi connectivity index (χ1v) is 4.68. The van der Waals surface area contributed by atoms with Crippen LogP contribution in [-0.2, 0) is 9.59 Å². The summed E-state index contributed by atoms with van der Waals surface area (Å²) in [6.45, 7) is 1.60. The first-order valence-electron chi connectivity index (χ1n) is 4.30. The maximum Gasteiger partial charge on any atom is 0.221 e. The molecule has 0 aromatic heterocycles. The van der Waals surface area contributed by atoms with Crippen LogP contribution in [0.5, 0.6) is 0 Å². The second-order valence-corrected chi connectivity index (χ2v) is 3.39. The zero-order valence-electron chi connectivity index (χ0n) is 7.44. The summed E-state index contributed by atoms with van der Waals surface area (Å²) in [5.74, 6) is 0.239. The number of Topliss-reactive ketones (excluding diaryl/α,β-unsaturated/α-hetero) is 1. The van der Waals surface area contributed by atoms with Gasteiger partial charge in [-0.25, -0.2) is 0 Å². The van der Waals surface area contributed by atoms with Gasteiger partial charge in [0.15, 0.2) is 0 Å². The summed E-state index contributed by atoms with van der Waals surface area (Å²) >= 11 is 5.15. The molecule has 0 heterocycles. The number of carbonyl (C=O) groups excluding carboxylic acids is 2. The van der Waals surface area contributed by atoms with E-state index in [-0.39, 0.29) is 11.0 Å². The molecule has 12 heavy (non-hydrogen) atoms. The Balaban J connectivity index is 3.01. The van der Waals surface area contributed by atoms with E-state index < -0.39 is 0 Å². The van der Waals surface area contributed by atoms with Crippen molar-refractivity contribution in [1.29, 1.82) is 0 Å². The Morgan fingerprint density at radius 1 is 1.00 bits per heavy atom. The highest BCUT2D eigenvalue weighted by atomic mass is 35.5. The van der Waals surface area contributed by atoms with Crippen LogP contribution in [0.25, 0.3) is 0 Å². The molecule has 0 aliphatic rings. The van der Waals surface area contributed by atoms with Crippen LogP contribution in [0.15, 0.2) is 0 Å². The average Bonchev–Trinajstić information content (AvgIpc) is 1.95. The summed E-state index contributed by atoms with van der Waals surface area (Å²) < 4.78 is 0. The van der Waals surface area contributed by atoms with Crippen molar-refractivity contribution in [3.8, 4) is 0 Å². The van der Waals surface area contributed by atoms with E-state index in [1.807, 2.05) is 0 Å². The topological polar surface area (TPSA) is 34.1 Å². The Bertz CT molecular complexity index is 137. The van der Waals surface area contributed by atoms with Crippen molar-refractivity contribution in [1.82, 2.24) is 0 Å². The zero-order valence-corrected chi connectivity index (χ0v) is 8.19. The molecule has 0 aromatic carbocycles. The Morgan fingerprint density at radius 2 is 1.50 bits per heavy atom. The summed E-state index contributed by atoms with van der Waals surface area (Å²) in [4.78, 5) is 20.8. The van der Waals surface area contributed by atoms with Gasteiger partial charge in [-0.1, -0.05) is 12.8 Å². The fraction of sp³-hybridized carbons (Fsp3) is 0.778. The lowest BCUT2D eigenvalue weighted by Crippen LogP contribution is -1.90. The summed E-state index contributed by atoms with van der Waals surface area (Å²) in [5.41, 5.74) is 0. The van der Waals surface area contributed by atoms with E-state index in [9.17, 15) is 9.59 Å². The number of rotatable bonds is 7. The standard InChI is InChI=1S/C9H15ClO2/c1-8(11)6-4-2-3-5-7-9(10)12/h2-7H2,1H3. The van der Waals surface area contributed by atoms with Crippen molar-refractivity contribution in [3.05, 3.63) is 0 Å². The molecule has 3 heteroatoms. The van der Waals surface area contributed by atoms with Gasteiger partial charge in [-0.3, -0.25) is 4.79 Å². The normalized spacial score (nSPS) is 9.83. The average molecular weight is 191 g/mol. The number of halogens is 1. The quantitative estimate of drug-likeness (QED) is 0.457. The second kappa shape index (κ2) is 7.29. The van der Waals surface area contributed by atoms with E-state index in [1.165, 1.54) is 0 Å². The highest BCUT2D eigenvalue weighted by Gasteiger charge is 1.96. The van der Waals surface area contributed by atoms with E-state index in [4.69, 9.17) is 11.6 Å². The van der Waals surface area contributed by atoms with Gasteiger partial charge < -0.3 is 4.79 Å². The molecular weight excluding hydrogens is 176 g/mol. The van der Waals surface area contributed by atoms with Crippen molar-refractivity contribution in [2.45, 2.75) is 45.4 Å². The van der Waals surface area contributed by atoms with E-state index in [0.717, 1.165) is 25.7 Å². The van der Waals surface area contributed by atoms with Crippen LogP contribution in [-0.4, -0.2) is 11.0 Å². The van der Waals surface area contributed by atoms with E-state index >= 15 is 0 Å². The van der Waals surface area contributed by atoms with E-state index in [1.54, 1.807) is 6.92 Å². The monoisotopic (exact) mass is 190 g/mol. The second-order valence-electron chi connectivity index (χ2n) is 2.97. The van der Waals surface area contributed by atoms with Crippen LogP contribution in [0.2, 0.25) is 0 Å². The van der Waals surface area contributed by atoms with Gasteiger partial charge in [0.05, 0.1) is 0 Å². The molecule has 0 bridgehead atoms. The van der Waals surface area contributed by atoms with Gasteiger partial charge in [-0.2, -0.15) is 0 Å². The third-order valence-corrected chi connectivity index (χ3v) is 1.84. The lowest BCUT2D eigenvalue weighted by Gasteiger charge is -1.96. The molecule has 70 valence electrons. The van der Waals surface area contributed by atoms with Crippen LogP contribution in [0, 0.1) is 0 Å². The van der Waals surface area contributed by atoms with Crippen molar-refractivity contribution in [2.75, 3.05) is 0 Å².